The van der Waals surface area contributed by atoms with Crippen LogP contribution in [0.1, 0.15) is 38.5 Å². The Balaban J connectivity index is 1.68. The van der Waals surface area contributed by atoms with Crippen LogP contribution in [0.15, 0.2) is 4.99 Å². The lowest BCUT2D eigenvalue weighted by atomic mass is 9.89. The molecular weight excluding hydrogens is 258 g/mol. The molecule has 0 aromatic rings. The van der Waals surface area contributed by atoms with Crippen molar-refractivity contribution in [2.75, 3.05) is 31.6 Å². The number of hydrogen-bond donors (Lipinski definition) is 3. The summed E-state index contributed by atoms with van der Waals surface area (Å²) in [5.74, 6) is 3.51. The Labute approximate surface area is 120 Å². The Bertz CT molecular complexity index is 297. The predicted octanol–water partition coefficient (Wildman–Crippen LogP) is 1.60. The van der Waals surface area contributed by atoms with E-state index in [1.807, 2.05) is 11.8 Å². The third-order valence-electron chi connectivity index (χ3n) is 4.17. The van der Waals surface area contributed by atoms with E-state index >= 15 is 0 Å². The molecule has 0 radical (unpaired) electrons. The zero-order valence-electron chi connectivity index (χ0n) is 12.0. The van der Waals surface area contributed by atoms with Crippen molar-refractivity contribution < 1.29 is 5.11 Å². The average molecular weight is 285 g/mol. The zero-order chi connectivity index (χ0) is 13.6. The van der Waals surface area contributed by atoms with Crippen molar-refractivity contribution in [3.05, 3.63) is 0 Å². The minimum Gasteiger partial charge on any atom is -0.387 e. The number of rotatable bonds is 4. The molecule has 2 fully saturated rings. The fourth-order valence-electron chi connectivity index (χ4n) is 2.84. The normalized spacial score (nSPS) is 29.5. The second kappa shape index (κ2) is 7.39. The standard InChI is InChI=1S/C14H27N3OS/c1-15-13(16-9-12-5-3-2-4-6-12)17-10-14(18)7-8-19-11-14/h12,18H,2-11H2,1H3,(H2,15,16,17). The molecule has 0 spiro atoms. The first-order chi connectivity index (χ1) is 9.22. The maximum Gasteiger partial charge on any atom is 0.191 e. The Morgan fingerprint density at radius 1 is 1.32 bits per heavy atom. The Kier molecular flexibility index (Phi) is 5.82. The van der Waals surface area contributed by atoms with Gasteiger partial charge in [-0.3, -0.25) is 4.99 Å². The molecule has 1 heterocycles. The van der Waals surface area contributed by atoms with Crippen LogP contribution in [0.5, 0.6) is 0 Å². The minimum atomic E-state index is -0.548. The third-order valence-corrected chi connectivity index (χ3v) is 5.41. The van der Waals surface area contributed by atoms with Crippen LogP contribution >= 0.6 is 11.8 Å². The van der Waals surface area contributed by atoms with E-state index < -0.39 is 5.60 Å². The first-order valence-electron chi connectivity index (χ1n) is 7.46. The highest BCUT2D eigenvalue weighted by Gasteiger charge is 2.31. The number of nitrogens with zero attached hydrogens (tertiary/aromatic N) is 1. The van der Waals surface area contributed by atoms with Crippen LogP contribution < -0.4 is 10.6 Å². The lowest BCUT2D eigenvalue weighted by Crippen LogP contribution is -2.48. The molecule has 1 aliphatic carbocycles. The first-order valence-corrected chi connectivity index (χ1v) is 8.62. The molecule has 0 aromatic heterocycles. The van der Waals surface area contributed by atoms with Gasteiger partial charge in [-0.1, -0.05) is 19.3 Å². The lowest BCUT2D eigenvalue weighted by molar-refractivity contribution is 0.0724. The van der Waals surface area contributed by atoms with Gasteiger partial charge in [0.25, 0.3) is 0 Å². The number of aliphatic hydroxyl groups is 1. The molecule has 1 atom stereocenters. The van der Waals surface area contributed by atoms with Gasteiger partial charge in [-0.05, 0) is 30.9 Å². The smallest absolute Gasteiger partial charge is 0.191 e. The summed E-state index contributed by atoms with van der Waals surface area (Å²) in [5.41, 5.74) is -0.548. The van der Waals surface area contributed by atoms with Crippen molar-refractivity contribution in [3.63, 3.8) is 0 Å². The predicted molar refractivity (Wildman–Crippen MR) is 82.8 cm³/mol. The highest BCUT2D eigenvalue weighted by molar-refractivity contribution is 7.99. The van der Waals surface area contributed by atoms with Crippen molar-refractivity contribution in [1.29, 1.82) is 0 Å². The monoisotopic (exact) mass is 285 g/mol. The van der Waals surface area contributed by atoms with E-state index in [2.05, 4.69) is 15.6 Å². The molecule has 2 aliphatic rings. The minimum absolute atomic E-state index is 0.548. The van der Waals surface area contributed by atoms with Crippen molar-refractivity contribution >= 4 is 17.7 Å². The molecule has 19 heavy (non-hydrogen) atoms. The van der Waals surface area contributed by atoms with Gasteiger partial charge >= 0.3 is 0 Å². The zero-order valence-corrected chi connectivity index (χ0v) is 12.8. The highest BCUT2D eigenvalue weighted by atomic mass is 32.2. The van der Waals surface area contributed by atoms with E-state index in [4.69, 9.17) is 0 Å². The van der Waals surface area contributed by atoms with Gasteiger partial charge in [0, 0.05) is 25.9 Å². The van der Waals surface area contributed by atoms with Gasteiger partial charge in [0.2, 0.25) is 0 Å². The summed E-state index contributed by atoms with van der Waals surface area (Å²) < 4.78 is 0. The fourth-order valence-corrected chi connectivity index (χ4v) is 4.13. The number of aliphatic imine (C=N–C) groups is 1. The van der Waals surface area contributed by atoms with Gasteiger partial charge in [0.05, 0.1) is 5.60 Å². The van der Waals surface area contributed by atoms with Gasteiger partial charge in [-0.25, -0.2) is 0 Å². The molecule has 4 nitrogen and oxygen atoms in total. The Hall–Kier alpha value is -0.420. The van der Waals surface area contributed by atoms with E-state index in [0.717, 1.165) is 36.3 Å². The number of thioether (sulfide) groups is 1. The fraction of sp³-hybridized carbons (Fsp3) is 0.929. The average Bonchev–Trinajstić information content (AvgIpc) is 2.87. The van der Waals surface area contributed by atoms with E-state index in [-0.39, 0.29) is 0 Å². The molecule has 1 unspecified atom stereocenters. The van der Waals surface area contributed by atoms with Gasteiger partial charge in [0.15, 0.2) is 5.96 Å². The summed E-state index contributed by atoms with van der Waals surface area (Å²) in [6, 6.07) is 0. The van der Waals surface area contributed by atoms with Gasteiger partial charge in [-0.15, -0.1) is 0 Å². The quantitative estimate of drug-likeness (QED) is 0.542. The molecule has 2 rings (SSSR count). The molecule has 0 amide bonds. The van der Waals surface area contributed by atoms with E-state index in [0.29, 0.717) is 6.54 Å². The SMILES string of the molecule is CN=C(NCC1CCCCC1)NCC1(O)CCSC1. The summed E-state index contributed by atoms with van der Waals surface area (Å²) in [4.78, 5) is 4.24. The number of hydrogen-bond acceptors (Lipinski definition) is 3. The van der Waals surface area contributed by atoms with Crippen molar-refractivity contribution in [2.45, 2.75) is 44.1 Å². The number of guanidine groups is 1. The molecule has 0 bridgehead atoms. The first kappa shape index (κ1) is 15.0. The third kappa shape index (κ3) is 4.88. The van der Waals surface area contributed by atoms with Crippen LogP contribution in [-0.2, 0) is 0 Å². The van der Waals surface area contributed by atoms with Crippen LogP contribution in [0.4, 0.5) is 0 Å². The maximum atomic E-state index is 10.3. The lowest BCUT2D eigenvalue weighted by Gasteiger charge is -2.25. The van der Waals surface area contributed by atoms with Crippen LogP contribution in [0, 0.1) is 5.92 Å². The van der Waals surface area contributed by atoms with Crippen LogP contribution in [0.25, 0.3) is 0 Å². The van der Waals surface area contributed by atoms with Crippen molar-refractivity contribution in [2.24, 2.45) is 10.9 Å². The van der Waals surface area contributed by atoms with E-state index in [9.17, 15) is 5.11 Å². The Morgan fingerprint density at radius 3 is 2.74 bits per heavy atom. The maximum absolute atomic E-state index is 10.3. The van der Waals surface area contributed by atoms with Gasteiger partial charge < -0.3 is 15.7 Å². The molecule has 1 aliphatic heterocycles. The summed E-state index contributed by atoms with van der Waals surface area (Å²) in [7, 11) is 1.80. The molecule has 1 saturated carbocycles. The highest BCUT2D eigenvalue weighted by Crippen LogP contribution is 2.27. The summed E-state index contributed by atoms with van der Waals surface area (Å²) in [6.45, 7) is 1.61. The molecule has 3 N–H and O–H groups in total. The Morgan fingerprint density at radius 2 is 2.11 bits per heavy atom. The van der Waals surface area contributed by atoms with Crippen molar-refractivity contribution in [3.8, 4) is 0 Å². The summed E-state index contributed by atoms with van der Waals surface area (Å²) >= 11 is 1.83. The van der Waals surface area contributed by atoms with Crippen LogP contribution in [0.2, 0.25) is 0 Å². The van der Waals surface area contributed by atoms with E-state index in [1.54, 1.807) is 7.05 Å². The molecule has 1 saturated heterocycles. The topological polar surface area (TPSA) is 56.7 Å². The van der Waals surface area contributed by atoms with Crippen LogP contribution in [0.3, 0.4) is 0 Å². The van der Waals surface area contributed by atoms with E-state index in [1.165, 1.54) is 32.1 Å². The largest absolute Gasteiger partial charge is 0.387 e. The molecular formula is C14H27N3OS. The summed E-state index contributed by atoms with van der Waals surface area (Å²) in [6.07, 6.45) is 7.69. The molecule has 0 aromatic carbocycles. The van der Waals surface area contributed by atoms with Crippen LogP contribution in [-0.4, -0.2) is 48.3 Å². The second-order valence-electron chi connectivity index (χ2n) is 5.84. The van der Waals surface area contributed by atoms with Crippen molar-refractivity contribution in [1.82, 2.24) is 10.6 Å². The molecule has 110 valence electrons. The van der Waals surface area contributed by atoms with Gasteiger partial charge in [0.1, 0.15) is 0 Å². The molecule has 5 heteroatoms. The second-order valence-corrected chi connectivity index (χ2v) is 6.94. The number of nitrogens with one attached hydrogen (secondary N) is 2. The summed E-state index contributed by atoms with van der Waals surface area (Å²) in [5, 5.41) is 17.0. The van der Waals surface area contributed by atoms with Gasteiger partial charge in [-0.2, -0.15) is 11.8 Å².